The average Bonchev–Trinajstić information content (AvgIpc) is 3.19. The number of furan rings is 1. The third-order valence-corrected chi connectivity index (χ3v) is 5.66. The van der Waals surface area contributed by atoms with E-state index in [4.69, 9.17) is 21.7 Å². The molecule has 2 heterocycles. The molecule has 1 amide bonds. The zero-order chi connectivity index (χ0) is 19.7. The average molecular weight is 402 g/mol. The molecule has 1 aromatic carbocycles. The summed E-state index contributed by atoms with van der Waals surface area (Å²) in [5, 5.41) is 9.14. The number of thioether (sulfide) groups is 1. The number of hydrogen-bond acceptors (Lipinski definition) is 5. The lowest BCUT2D eigenvalue weighted by atomic mass is 10.0. The van der Waals surface area contributed by atoms with E-state index in [0.717, 1.165) is 22.2 Å². The highest BCUT2D eigenvalue weighted by Crippen LogP contribution is 2.35. The maximum atomic E-state index is 12.5. The van der Waals surface area contributed by atoms with Crippen LogP contribution in [0.4, 0.5) is 0 Å². The zero-order valence-electron chi connectivity index (χ0n) is 15.1. The molecule has 7 heteroatoms. The molecule has 0 saturated carbocycles. The van der Waals surface area contributed by atoms with Crippen LogP contribution < -0.4 is 0 Å². The number of carbonyl (C=O) groups is 2. The van der Waals surface area contributed by atoms with E-state index in [1.165, 1.54) is 12.5 Å². The summed E-state index contributed by atoms with van der Waals surface area (Å²) in [6.45, 7) is 5.71. The number of amides is 1. The molecule has 140 valence electrons. The summed E-state index contributed by atoms with van der Waals surface area (Å²) in [6.07, 6.45) is 1.60. The minimum Gasteiger partial charge on any atom is -0.480 e. The molecule has 0 bridgehead atoms. The number of benzene rings is 1. The first-order valence-electron chi connectivity index (χ1n) is 8.48. The molecule has 0 aliphatic carbocycles. The number of thiocarbonyl (C=S) groups is 1. The van der Waals surface area contributed by atoms with E-state index < -0.39 is 17.9 Å². The van der Waals surface area contributed by atoms with E-state index in [-0.39, 0.29) is 4.32 Å². The Morgan fingerprint density at radius 3 is 2.44 bits per heavy atom. The number of nitrogens with zero attached hydrogens (tertiary/aromatic N) is 1. The van der Waals surface area contributed by atoms with Gasteiger partial charge in [-0.05, 0) is 30.5 Å². The minimum absolute atomic E-state index is 0.234. The number of hydrogen-bond donors (Lipinski definition) is 1. The maximum absolute atomic E-state index is 12.5. The van der Waals surface area contributed by atoms with Crippen LogP contribution in [0.15, 0.2) is 45.7 Å². The third kappa shape index (κ3) is 3.99. The smallest absolute Gasteiger partial charge is 0.326 e. The molecule has 3 rings (SSSR count). The van der Waals surface area contributed by atoms with E-state index in [1.807, 2.05) is 18.2 Å². The Kier molecular flexibility index (Phi) is 5.53. The Hall–Kier alpha value is -2.38. The molecule has 1 unspecified atom stereocenters. The van der Waals surface area contributed by atoms with Gasteiger partial charge in [-0.25, -0.2) is 4.79 Å². The van der Waals surface area contributed by atoms with Gasteiger partial charge in [-0.15, -0.1) is 0 Å². The van der Waals surface area contributed by atoms with Crippen molar-refractivity contribution in [1.82, 2.24) is 4.90 Å². The Morgan fingerprint density at radius 2 is 1.85 bits per heavy atom. The van der Waals surface area contributed by atoms with E-state index >= 15 is 0 Å². The molecule has 1 fully saturated rings. The van der Waals surface area contributed by atoms with Crippen LogP contribution in [-0.2, 0) is 9.59 Å². The number of carboxylic acid groups (broad SMARTS) is 1. The first-order chi connectivity index (χ1) is 12.8. The first kappa shape index (κ1) is 19.4. The van der Waals surface area contributed by atoms with Gasteiger partial charge >= 0.3 is 5.97 Å². The molecule has 2 aromatic rings. The summed E-state index contributed by atoms with van der Waals surface area (Å²) >= 11 is 6.23. The molecule has 27 heavy (non-hydrogen) atoms. The van der Waals surface area contributed by atoms with Gasteiger partial charge in [-0.1, -0.05) is 62.1 Å². The highest BCUT2D eigenvalue weighted by molar-refractivity contribution is 8.26. The van der Waals surface area contributed by atoms with Gasteiger partial charge in [0.05, 0.1) is 4.91 Å². The second kappa shape index (κ2) is 7.70. The van der Waals surface area contributed by atoms with Crippen molar-refractivity contribution in [2.24, 2.45) is 0 Å². The van der Waals surface area contributed by atoms with Crippen LogP contribution in [-0.4, -0.2) is 32.2 Å². The van der Waals surface area contributed by atoms with Crippen molar-refractivity contribution in [3.8, 4) is 11.3 Å². The second-order valence-corrected chi connectivity index (χ2v) is 8.22. The lowest BCUT2D eigenvalue weighted by molar-refractivity contribution is -0.144. The molecule has 1 aromatic heterocycles. The largest absolute Gasteiger partial charge is 0.480 e. The van der Waals surface area contributed by atoms with E-state index in [9.17, 15) is 9.59 Å². The SMILES string of the molecule is CC(C)c1ccc(-c2ccc(/C=C3\SC(=S)N(C(C)C(=O)O)C3=O)o2)cc1. The molecule has 1 saturated heterocycles. The van der Waals surface area contributed by atoms with Gasteiger partial charge in [0.25, 0.3) is 5.91 Å². The molecular formula is C20H19NO4S2. The minimum atomic E-state index is -1.10. The number of aliphatic carboxylic acids is 1. The van der Waals surface area contributed by atoms with Crippen molar-refractivity contribution >= 4 is 46.3 Å². The van der Waals surface area contributed by atoms with Crippen LogP contribution in [0.25, 0.3) is 17.4 Å². The summed E-state index contributed by atoms with van der Waals surface area (Å²) in [5.74, 6) is 0.158. The molecule has 0 radical (unpaired) electrons. The Morgan fingerprint density at radius 1 is 1.19 bits per heavy atom. The molecule has 1 N–H and O–H groups in total. The summed E-state index contributed by atoms with van der Waals surface area (Å²) in [5.41, 5.74) is 2.20. The fraction of sp³-hybridized carbons (Fsp3) is 0.250. The summed E-state index contributed by atoms with van der Waals surface area (Å²) in [7, 11) is 0. The van der Waals surface area contributed by atoms with Crippen molar-refractivity contribution in [3.05, 3.63) is 52.6 Å². The maximum Gasteiger partial charge on any atom is 0.326 e. The highest BCUT2D eigenvalue weighted by Gasteiger charge is 2.38. The van der Waals surface area contributed by atoms with Crippen molar-refractivity contribution in [2.45, 2.75) is 32.7 Å². The fourth-order valence-electron chi connectivity index (χ4n) is 2.67. The zero-order valence-corrected chi connectivity index (χ0v) is 16.8. The van der Waals surface area contributed by atoms with Crippen molar-refractivity contribution < 1.29 is 19.1 Å². The lowest BCUT2D eigenvalue weighted by Gasteiger charge is -2.18. The van der Waals surface area contributed by atoms with Gasteiger partial charge in [0.15, 0.2) is 0 Å². The number of rotatable bonds is 5. The number of carboxylic acids is 1. The van der Waals surface area contributed by atoms with Crippen LogP contribution in [0, 0.1) is 0 Å². The van der Waals surface area contributed by atoms with E-state index in [2.05, 4.69) is 26.0 Å². The molecule has 1 atom stereocenters. The fourth-order valence-corrected chi connectivity index (χ4v) is 4.07. The first-order valence-corrected chi connectivity index (χ1v) is 9.70. The highest BCUT2D eigenvalue weighted by atomic mass is 32.2. The lowest BCUT2D eigenvalue weighted by Crippen LogP contribution is -2.41. The molecule has 1 aliphatic rings. The van der Waals surface area contributed by atoms with Gasteiger partial charge in [0.2, 0.25) is 0 Å². The van der Waals surface area contributed by atoms with Gasteiger partial charge in [-0.2, -0.15) is 0 Å². The van der Waals surface area contributed by atoms with Gasteiger partial charge in [0.1, 0.15) is 21.9 Å². The van der Waals surface area contributed by atoms with Gasteiger partial charge in [-0.3, -0.25) is 9.69 Å². The summed E-state index contributed by atoms with van der Waals surface area (Å²) in [4.78, 5) is 25.1. The van der Waals surface area contributed by atoms with E-state index in [1.54, 1.807) is 12.1 Å². The predicted octanol–water partition coefficient (Wildman–Crippen LogP) is 4.74. The van der Waals surface area contributed by atoms with Crippen LogP contribution in [0.2, 0.25) is 0 Å². The topological polar surface area (TPSA) is 70.8 Å². The van der Waals surface area contributed by atoms with Gasteiger partial charge in [0, 0.05) is 11.6 Å². The van der Waals surface area contributed by atoms with Crippen molar-refractivity contribution in [2.75, 3.05) is 0 Å². The molecule has 1 aliphatic heterocycles. The van der Waals surface area contributed by atoms with Crippen LogP contribution in [0.3, 0.4) is 0 Å². The normalized spacial score (nSPS) is 17.2. The van der Waals surface area contributed by atoms with Crippen LogP contribution >= 0.6 is 24.0 Å². The Balaban J connectivity index is 1.82. The molecule has 5 nitrogen and oxygen atoms in total. The number of carbonyl (C=O) groups excluding carboxylic acids is 1. The standard InChI is InChI=1S/C20H19NO4S2/c1-11(2)13-4-6-14(7-5-13)16-9-8-15(25-16)10-17-18(22)21(20(26)27-17)12(3)19(23)24/h4-12H,1-3H3,(H,23,24)/b17-10-. The quantitative estimate of drug-likeness (QED) is 0.576. The monoisotopic (exact) mass is 401 g/mol. The molecule has 0 spiro atoms. The second-order valence-electron chi connectivity index (χ2n) is 6.54. The van der Waals surface area contributed by atoms with E-state index in [0.29, 0.717) is 22.3 Å². The van der Waals surface area contributed by atoms with Crippen molar-refractivity contribution in [1.29, 1.82) is 0 Å². The van der Waals surface area contributed by atoms with Gasteiger partial charge < -0.3 is 9.52 Å². The predicted molar refractivity (Wildman–Crippen MR) is 110 cm³/mol. The molecular weight excluding hydrogens is 382 g/mol. The van der Waals surface area contributed by atoms with Crippen molar-refractivity contribution in [3.63, 3.8) is 0 Å². The summed E-state index contributed by atoms with van der Waals surface area (Å²) < 4.78 is 6.07. The summed E-state index contributed by atoms with van der Waals surface area (Å²) in [6, 6.07) is 10.8. The third-order valence-electron chi connectivity index (χ3n) is 4.33. The Bertz CT molecular complexity index is 928. The van der Waals surface area contributed by atoms with Crippen LogP contribution in [0.1, 0.15) is 38.0 Å². The van der Waals surface area contributed by atoms with Crippen LogP contribution in [0.5, 0.6) is 0 Å². The Labute approximate surface area is 167 Å².